The summed E-state index contributed by atoms with van der Waals surface area (Å²) in [6.07, 6.45) is -0.693. The summed E-state index contributed by atoms with van der Waals surface area (Å²) >= 11 is 0. The normalized spacial score (nSPS) is 19.6. The van der Waals surface area contributed by atoms with E-state index in [2.05, 4.69) is 5.32 Å². The summed E-state index contributed by atoms with van der Waals surface area (Å²) in [5, 5.41) is 7.69. The Kier molecular flexibility index (Phi) is 4.39. The van der Waals surface area contributed by atoms with Crippen LogP contribution in [0.2, 0.25) is 0 Å². The van der Waals surface area contributed by atoms with E-state index in [0.29, 0.717) is 18.9 Å². The molecule has 110 valence electrons. The van der Waals surface area contributed by atoms with Gasteiger partial charge in [0, 0.05) is 5.69 Å². The third-order valence-electron chi connectivity index (χ3n) is 2.90. The molecule has 0 aliphatic carbocycles. The molecule has 20 heavy (non-hydrogen) atoms. The second kappa shape index (κ2) is 5.88. The molecule has 0 aromatic heterocycles. The molecular weight excluding hydrogens is 284 g/mol. The highest BCUT2D eigenvalue weighted by Crippen LogP contribution is 2.20. The van der Waals surface area contributed by atoms with E-state index < -0.39 is 16.1 Å². The summed E-state index contributed by atoms with van der Waals surface area (Å²) in [4.78, 5) is 11.9. The van der Waals surface area contributed by atoms with Crippen molar-refractivity contribution in [1.29, 1.82) is 0 Å². The van der Waals surface area contributed by atoms with Gasteiger partial charge in [0.15, 0.2) is 6.10 Å². The summed E-state index contributed by atoms with van der Waals surface area (Å²) in [5.74, 6) is -0.376. The van der Waals surface area contributed by atoms with E-state index >= 15 is 0 Å². The second-order valence-electron chi connectivity index (χ2n) is 4.45. The van der Waals surface area contributed by atoms with Crippen LogP contribution in [-0.4, -0.2) is 40.2 Å². The Hall–Kier alpha value is -1.48. The van der Waals surface area contributed by atoms with Crippen molar-refractivity contribution in [3.8, 4) is 0 Å². The molecule has 1 amide bonds. The number of hydrogen-bond donors (Lipinski definition) is 2. The maximum atomic E-state index is 12.0. The molecule has 0 radical (unpaired) electrons. The molecule has 1 heterocycles. The van der Waals surface area contributed by atoms with Crippen LogP contribution in [0.1, 0.15) is 5.56 Å². The largest absolute Gasteiger partial charge is 0.376 e. The molecule has 0 spiro atoms. The monoisotopic (exact) mass is 300 g/mol. The Labute approximate surface area is 117 Å². The fraction of sp³-hybridized carbons (Fsp3) is 0.417. The molecule has 7 nitrogen and oxygen atoms in total. The summed E-state index contributed by atoms with van der Waals surface area (Å²) in [6.45, 7) is 2.75. The molecule has 1 aromatic carbocycles. The number of amides is 1. The highest BCUT2D eigenvalue weighted by atomic mass is 32.2. The maximum absolute atomic E-state index is 12.0. The highest BCUT2D eigenvalue weighted by molar-refractivity contribution is 7.89. The van der Waals surface area contributed by atoms with E-state index in [4.69, 9.17) is 14.6 Å². The lowest BCUT2D eigenvalue weighted by atomic mass is 10.2. The number of rotatable bonds is 3. The van der Waals surface area contributed by atoms with Gasteiger partial charge in [-0.2, -0.15) is 0 Å². The number of nitrogens with one attached hydrogen (secondary N) is 1. The second-order valence-corrected chi connectivity index (χ2v) is 6.01. The lowest BCUT2D eigenvalue weighted by Crippen LogP contribution is -2.39. The molecule has 1 saturated heterocycles. The molecule has 1 fully saturated rings. The third kappa shape index (κ3) is 3.54. The first-order chi connectivity index (χ1) is 9.38. The van der Waals surface area contributed by atoms with Crippen LogP contribution in [0.25, 0.3) is 0 Å². The van der Waals surface area contributed by atoms with Crippen molar-refractivity contribution < 1.29 is 22.7 Å². The van der Waals surface area contributed by atoms with E-state index in [1.54, 1.807) is 13.0 Å². The average Bonchev–Trinajstić information content (AvgIpc) is 2.41. The third-order valence-corrected chi connectivity index (χ3v) is 3.81. The zero-order chi connectivity index (χ0) is 14.8. The molecule has 1 aromatic rings. The Balaban J connectivity index is 2.18. The first-order valence-electron chi connectivity index (χ1n) is 6.01. The quantitative estimate of drug-likeness (QED) is 0.816. The predicted octanol–water partition coefficient (Wildman–Crippen LogP) is -0.00368. The van der Waals surface area contributed by atoms with E-state index in [9.17, 15) is 13.2 Å². The van der Waals surface area contributed by atoms with E-state index in [-0.39, 0.29) is 17.4 Å². The van der Waals surface area contributed by atoms with Crippen molar-refractivity contribution >= 4 is 21.6 Å². The number of carbonyl (C=O) groups is 1. The van der Waals surface area contributed by atoms with Gasteiger partial charge >= 0.3 is 0 Å². The molecule has 1 aliphatic rings. The maximum Gasteiger partial charge on any atom is 0.255 e. The molecular formula is C12H16N2O5S. The number of ether oxygens (including phenoxy) is 2. The SMILES string of the molecule is Cc1ccc(S(N)(=O)=O)cc1NC(=O)C1COCCO1. The molecule has 1 aliphatic heterocycles. The van der Waals surface area contributed by atoms with Crippen LogP contribution in [0.4, 0.5) is 5.69 Å². The molecule has 0 saturated carbocycles. The minimum absolute atomic E-state index is 0.0563. The topological polar surface area (TPSA) is 108 Å². The number of sulfonamides is 1. The van der Waals surface area contributed by atoms with Crippen LogP contribution in [0.15, 0.2) is 23.1 Å². The van der Waals surface area contributed by atoms with Crippen molar-refractivity contribution in [2.75, 3.05) is 25.1 Å². The molecule has 2 rings (SSSR count). The Morgan fingerprint density at radius 2 is 2.15 bits per heavy atom. The Morgan fingerprint density at radius 1 is 1.40 bits per heavy atom. The first-order valence-corrected chi connectivity index (χ1v) is 7.56. The lowest BCUT2D eigenvalue weighted by molar-refractivity contribution is -0.142. The van der Waals surface area contributed by atoms with Crippen LogP contribution in [0.3, 0.4) is 0 Å². The predicted molar refractivity (Wildman–Crippen MR) is 71.7 cm³/mol. The lowest BCUT2D eigenvalue weighted by Gasteiger charge is -2.22. The van der Waals surface area contributed by atoms with Gasteiger partial charge in [-0.05, 0) is 24.6 Å². The van der Waals surface area contributed by atoms with Crippen molar-refractivity contribution in [2.45, 2.75) is 17.9 Å². The molecule has 1 unspecified atom stereocenters. The van der Waals surface area contributed by atoms with Gasteiger partial charge in [0.1, 0.15) is 0 Å². The molecule has 3 N–H and O–H groups in total. The minimum atomic E-state index is -3.81. The summed E-state index contributed by atoms with van der Waals surface area (Å²) in [5.41, 5.74) is 1.11. The van der Waals surface area contributed by atoms with Gasteiger partial charge in [0.25, 0.3) is 5.91 Å². The van der Waals surface area contributed by atoms with Gasteiger partial charge < -0.3 is 14.8 Å². The number of primary sulfonamides is 1. The van der Waals surface area contributed by atoms with Crippen molar-refractivity contribution in [1.82, 2.24) is 0 Å². The smallest absolute Gasteiger partial charge is 0.255 e. The number of nitrogens with two attached hydrogens (primary N) is 1. The van der Waals surface area contributed by atoms with Crippen LogP contribution in [0, 0.1) is 6.92 Å². The first kappa shape index (κ1) is 14.9. The Morgan fingerprint density at radius 3 is 2.75 bits per heavy atom. The van der Waals surface area contributed by atoms with E-state index in [1.165, 1.54) is 12.1 Å². The van der Waals surface area contributed by atoms with Crippen LogP contribution < -0.4 is 10.5 Å². The van der Waals surface area contributed by atoms with E-state index in [0.717, 1.165) is 5.56 Å². The zero-order valence-corrected chi connectivity index (χ0v) is 11.8. The van der Waals surface area contributed by atoms with Gasteiger partial charge in [0.2, 0.25) is 10.0 Å². The molecule has 8 heteroatoms. The van der Waals surface area contributed by atoms with Crippen molar-refractivity contribution in [3.05, 3.63) is 23.8 Å². The highest BCUT2D eigenvalue weighted by Gasteiger charge is 2.23. The number of aryl methyl sites for hydroxylation is 1. The number of anilines is 1. The van der Waals surface area contributed by atoms with Crippen LogP contribution >= 0.6 is 0 Å². The number of carbonyl (C=O) groups excluding carboxylic acids is 1. The van der Waals surface area contributed by atoms with Gasteiger partial charge in [0.05, 0.1) is 24.7 Å². The van der Waals surface area contributed by atoms with Crippen LogP contribution in [-0.2, 0) is 24.3 Å². The summed E-state index contributed by atoms with van der Waals surface area (Å²) in [6, 6.07) is 4.29. The zero-order valence-electron chi connectivity index (χ0n) is 11.0. The standard InChI is InChI=1S/C12H16N2O5S/c1-8-2-3-9(20(13,16)17)6-10(8)14-12(15)11-7-18-4-5-19-11/h2-3,6,11H,4-5,7H2,1H3,(H,14,15)(H2,13,16,17). The fourth-order valence-electron chi connectivity index (χ4n) is 1.77. The minimum Gasteiger partial charge on any atom is -0.376 e. The molecule has 1 atom stereocenters. The van der Waals surface area contributed by atoms with E-state index in [1.807, 2.05) is 0 Å². The molecule has 0 bridgehead atoms. The van der Waals surface area contributed by atoms with Gasteiger partial charge in [-0.1, -0.05) is 6.07 Å². The van der Waals surface area contributed by atoms with Gasteiger partial charge in [-0.15, -0.1) is 0 Å². The summed E-state index contributed by atoms with van der Waals surface area (Å²) < 4.78 is 33.0. The van der Waals surface area contributed by atoms with Gasteiger partial charge in [-0.3, -0.25) is 4.79 Å². The fourth-order valence-corrected chi connectivity index (χ4v) is 2.30. The van der Waals surface area contributed by atoms with Crippen molar-refractivity contribution in [3.63, 3.8) is 0 Å². The number of hydrogen-bond acceptors (Lipinski definition) is 5. The average molecular weight is 300 g/mol. The van der Waals surface area contributed by atoms with Crippen LogP contribution in [0.5, 0.6) is 0 Å². The van der Waals surface area contributed by atoms with Crippen molar-refractivity contribution in [2.24, 2.45) is 5.14 Å². The van der Waals surface area contributed by atoms with Gasteiger partial charge in [-0.25, -0.2) is 13.6 Å². The number of benzene rings is 1. The summed E-state index contributed by atoms with van der Waals surface area (Å²) in [7, 11) is -3.81. The Bertz CT molecular complexity index is 608.